The van der Waals surface area contributed by atoms with Crippen LogP contribution in [-0.2, 0) is 23.9 Å². The summed E-state index contributed by atoms with van der Waals surface area (Å²) in [5.74, 6) is -1.99. The number of Topliss-reactive ketones (excluding diaryl/α,β-unsaturated/α-hetero) is 1. The lowest BCUT2D eigenvalue weighted by atomic mass is 9.67. The highest BCUT2D eigenvalue weighted by molar-refractivity contribution is 6.13. The Kier molecular flexibility index (Phi) is 8.95. The van der Waals surface area contributed by atoms with Gasteiger partial charge in [0.2, 0.25) is 0 Å². The van der Waals surface area contributed by atoms with Crippen molar-refractivity contribution in [1.29, 1.82) is 0 Å². The Morgan fingerprint density at radius 1 is 0.837 bits per heavy atom. The van der Waals surface area contributed by atoms with E-state index in [0.717, 1.165) is 5.56 Å². The SMILES string of the molecule is CCOC(=O)C1=C(C)NC2=C(C(=O)[C@H](C(=O)OCC)[C@@H](c3ccc(OC)cc3)C2)[C@@H]1c1cccc(Oc2ccccc2)c1. The molecule has 1 heterocycles. The molecule has 0 saturated heterocycles. The van der Waals surface area contributed by atoms with E-state index in [9.17, 15) is 14.4 Å². The highest BCUT2D eigenvalue weighted by Gasteiger charge is 2.49. The van der Waals surface area contributed by atoms with Crippen LogP contribution in [0.2, 0.25) is 0 Å². The number of carbonyl (C=O) groups excluding carboxylic acids is 3. The van der Waals surface area contributed by atoms with Crippen molar-refractivity contribution in [3.05, 3.63) is 113 Å². The molecule has 1 aliphatic heterocycles. The van der Waals surface area contributed by atoms with Crippen molar-refractivity contribution < 1.29 is 33.3 Å². The maximum absolute atomic E-state index is 14.5. The summed E-state index contributed by atoms with van der Waals surface area (Å²) in [6.07, 6.45) is 0.362. The van der Waals surface area contributed by atoms with Crippen LogP contribution in [0.15, 0.2) is 101 Å². The Hall–Kier alpha value is -4.85. The van der Waals surface area contributed by atoms with Crippen LogP contribution in [0, 0.1) is 5.92 Å². The van der Waals surface area contributed by atoms with Gasteiger partial charge in [0, 0.05) is 28.8 Å². The highest BCUT2D eigenvalue weighted by atomic mass is 16.5. The Morgan fingerprint density at radius 3 is 2.21 bits per heavy atom. The molecule has 1 N–H and O–H groups in total. The van der Waals surface area contributed by atoms with Gasteiger partial charge in [0.1, 0.15) is 23.2 Å². The van der Waals surface area contributed by atoms with Gasteiger partial charge in [-0.25, -0.2) is 4.79 Å². The van der Waals surface area contributed by atoms with Gasteiger partial charge in [-0.2, -0.15) is 0 Å². The van der Waals surface area contributed by atoms with Crippen LogP contribution in [0.25, 0.3) is 0 Å². The minimum atomic E-state index is -1.10. The lowest BCUT2D eigenvalue weighted by Gasteiger charge is -2.39. The van der Waals surface area contributed by atoms with Gasteiger partial charge in [0.05, 0.1) is 25.9 Å². The van der Waals surface area contributed by atoms with Gasteiger partial charge < -0.3 is 24.3 Å². The summed E-state index contributed by atoms with van der Waals surface area (Å²) in [7, 11) is 1.58. The first-order valence-corrected chi connectivity index (χ1v) is 14.4. The molecule has 0 amide bonds. The average Bonchev–Trinajstić information content (AvgIpc) is 3.01. The molecule has 2 aliphatic rings. The molecule has 5 rings (SSSR count). The third-order valence-electron chi connectivity index (χ3n) is 7.77. The second-order valence-electron chi connectivity index (χ2n) is 10.4. The number of rotatable bonds is 9. The highest BCUT2D eigenvalue weighted by Crippen LogP contribution is 2.48. The van der Waals surface area contributed by atoms with Crippen molar-refractivity contribution in [2.75, 3.05) is 20.3 Å². The third-order valence-corrected chi connectivity index (χ3v) is 7.77. The fraction of sp³-hybridized carbons (Fsp3) is 0.286. The molecule has 1 aliphatic carbocycles. The monoisotopic (exact) mass is 581 g/mol. The average molecular weight is 582 g/mol. The van der Waals surface area contributed by atoms with Gasteiger partial charge in [-0.1, -0.05) is 42.5 Å². The van der Waals surface area contributed by atoms with Crippen LogP contribution >= 0.6 is 0 Å². The molecule has 222 valence electrons. The number of methoxy groups -OCH3 is 1. The van der Waals surface area contributed by atoms with Crippen LogP contribution < -0.4 is 14.8 Å². The molecule has 3 aromatic rings. The zero-order chi connectivity index (χ0) is 30.5. The zero-order valence-electron chi connectivity index (χ0n) is 24.7. The number of allylic oxidation sites excluding steroid dienone is 3. The molecule has 3 aromatic carbocycles. The fourth-order valence-electron chi connectivity index (χ4n) is 5.90. The van der Waals surface area contributed by atoms with E-state index in [2.05, 4.69) is 5.32 Å². The molecular weight excluding hydrogens is 546 g/mol. The summed E-state index contributed by atoms with van der Waals surface area (Å²) >= 11 is 0. The van der Waals surface area contributed by atoms with Crippen LogP contribution in [-0.4, -0.2) is 38.0 Å². The van der Waals surface area contributed by atoms with E-state index in [1.54, 1.807) is 27.9 Å². The van der Waals surface area contributed by atoms with E-state index >= 15 is 0 Å². The number of benzene rings is 3. The van der Waals surface area contributed by atoms with Gasteiger partial charge in [-0.3, -0.25) is 9.59 Å². The molecule has 0 aromatic heterocycles. The van der Waals surface area contributed by atoms with Crippen LogP contribution in [0.5, 0.6) is 17.2 Å². The summed E-state index contributed by atoms with van der Waals surface area (Å²) in [5.41, 5.74) is 3.41. The van der Waals surface area contributed by atoms with E-state index in [-0.39, 0.29) is 19.0 Å². The predicted octanol–water partition coefficient (Wildman–Crippen LogP) is 6.20. The second kappa shape index (κ2) is 13.0. The molecule has 8 heteroatoms. The van der Waals surface area contributed by atoms with Gasteiger partial charge in [-0.15, -0.1) is 0 Å². The number of ether oxygens (including phenoxy) is 4. The van der Waals surface area contributed by atoms with E-state index in [4.69, 9.17) is 18.9 Å². The molecular formula is C35H35NO7. The first kappa shape index (κ1) is 29.6. The maximum Gasteiger partial charge on any atom is 0.336 e. The molecule has 0 bridgehead atoms. The third kappa shape index (κ3) is 6.04. The van der Waals surface area contributed by atoms with Crippen molar-refractivity contribution in [3.63, 3.8) is 0 Å². The van der Waals surface area contributed by atoms with E-state index < -0.39 is 29.7 Å². The zero-order valence-corrected chi connectivity index (χ0v) is 24.7. The topological polar surface area (TPSA) is 100 Å². The van der Waals surface area contributed by atoms with Crippen molar-refractivity contribution in [2.24, 2.45) is 5.92 Å². The van der Waals surface area contributed by atoms with Crippen molar-refractivity contribution in [1.82, 2.24) is 5.32 Å². The number of hydrogen-bond acceptors (Lipinski definition) is 8. The molecule has 0 unspecified atom stereocenters. The normalized spacial score (nSPS) is 19.7. The van der Waals surface area contributed by atoms with Gasteiger partial charge in [0.25, 0.3) is 0 Å². The maximum atomic E-state index is 14.5. The number of hydrogen-bond donors (Lipinski definition) is 1. The lowest BCUT2D eigenvalue weighted by molar-refractivity contribution is -0.152. The number of esters is 2. The van der Waals surface area contributed by atoms with Crippen LogP contribution in [0.1, 0.15) is 50.2 Å². The van der Waals surface area contributed by atoms with Crippen LogP contribution in [0.4, 0.5) is 0 Å². The summed E-state index contributed by atoms with van der Waals surface area (Å²) in [5, 5.41) is 3.34. The molecule has 0 radical (unpaired) electrons. The molecule has 0 fully saturated rings. The Bertz CT molecular complexity index is 1570. The fourth-order valence-corrected chi connectivity index (χ4v) is 5.90. The Morgan fingerprint density at radius 2 is 1.53 bits per heavy atom. The van der Waals surface area contributed by atoms with Crippen LogP contribution in [0.3, 0.4) is 0 Å². The molecule has 0 spiro atoms. The Labute approximate surface area is 251 Å². The summed E-state index contributed by atoms with van der Waals surface area (Å²) in [6, 6.07) is 24.0. The van der Waals surface area contributed by atoms with Crippen molar-refractivity contribution in [2.45, 2.75) is 39.0 Å². The summed E-state index contributed by atoms with van der Waals surface area (Å²) in [4.78, 5) is 41.4. The summed E-state index contributed by atoms with van der Waals surface area (Å²) < 4.78 is 22.3. The minimum Gasteiger partial charge on any atom is -0.497 e. The predicted molar refractivity (Wildman–Crippen MR) is 161 cm³/mol. The van der Waals surface area contributed by atoms with E-state index in [0.29, 0.717) is 51.8 Å². The summed E-state index contributed by atoms with van der Waals surface area (Å²) in [6.45, 7) is 5.56. The van der Waals surface area contributed by atoms with E-state index in [1.807, 2.05) is 78.9 Å². The number of dihydropyridines is 1. The molecule has 8 nitrogen and oxygen atoms in total. The first-order chi connectivity index (χ1) is 20.9. The van der Waals surface area contributed by atoms with E-state index in [1.165, 1.54) is 0 Å². The quantitative estimate of drug-likeness (QED) is 0.236. The molecule has 3 atom stereocenters. The lowest BCUT2D eigenvalue weighted by Crippen LogP contribution is -2.43. The smallest absolute Gasteiger partial charge is 0.336 e. The van der Waals surface area contributed by atoms with Gasteiger partial charge >= 0.3 is 11.9 Å². The van der Waals surface area contributed by atoms with Gasteiger partial charge in [0.15, 0.2) is 5.78 Å². The largest absolute Gasteiger partial charge is 0.497 e. The van der Waals surface area contributed by atoms with Crippen molar-refractivity contribution >= 4 is 17.7 Å². The molecule has 0 saturated carbocycles. The number of carbonyl (C=O) groups is 3. The Balaban J connectivity index is 1.64. The minimum absolute atomic E-state index is 0.136. The number of para-hydroxylation sites is 1. The first-order valence-electron chi connectivity index (χ1n) is 14.4. The molecule has 43 heavy (non-hydrogen) atoms. The van der Waals surface area contributed by atoms with Gasteiger partial charge in [-0.05, 0) is 74.7 Å². The second-order valence-corrected chi connectivity index (χ2v) is 10.4. The number of ketones is 1. The number of nitrogens with one attached hydrogen (secondary N) is 1. The van der Waals surface area contributed by atoms with Crippen molar-refractivity contribution in [3.8, 4) is 17.2 Å². The standard InChI is InChI=1S/C35H35NO7/c1-5-41-34(38)29-21(3)36-28-20-27(22-15-17-24(40-4)18-16-22)31(35(39)42-6-2)33(37)32(28)30(29)23-11-10-14-26(19-23)43-25-12-8-7-9-13-25/h7-19,27,30-31,36H,5-6,20H2,1-4H3/t27-,30-,31-/m1/s1.